The van der Waals surface area contributed by atoms with Gasteiger partial charge in [0.05, 0.1) is 9.58 Å². The summed E-state index contributed by atoms with van der Waals surface area (Å²) in [7, 11) is 3.84. The van der Waals surface area contributed by atoms with Gasteiger partial charge in [-0.05, 0) is 28.1 Å². The molecule has 3 heterocycles. The van der Waals surface area contributed by atoms with E-state index >= 15 is 0 Å². The first kappa shape index (κ1) is 16.0. The maximum absolute atomic E-state index is 12.1. The molecule has 3 N–H and O–H groups in total. The first-order chi connectivity index (χ1) is 10.9. The van der Waals surface area contributed by atoms with Gasteiger partial charge in [-0.2, -0.15) is 0 Å². The highest BCUT2D eigenvalue weighted by Crippen LogP contribution is 2.33. The maximum Gasteiger partial charge on any atom is 0.286 e. The van der Waals surface area contributed by atoms with Gasteiger partial charge in [0.25, 0.3) is 11.8 Å². The molecule has 3 aromatic rings. The number of hydrogen-bond donors (Lipinski definition) is 3. The van der Waals surface area contributed by atoms with Crippen molar-refractivity contribution in [1.82, 2.24) is 20.8 Å². The third-order valence-electron chi connectivity index (χ3n) is 2.87. The molecule has 0 aromatic carbocycles. The monoisotopic (exact) mass is 413 g/mol. The SMILES string of the molecule is CN(C)c1nc2sc(C(=O)NNC(=O)c3cc(Br)c[nH]3)cc2s1. The summed E-state index contributed by atoms with van der Waals surface area (Å²) >= 11 is 6.05. The Morgan fingerprint density at radius 1 is 1.22 bits per heavy atom. The third kappa shape index (κ3) is 3.38. The molecule has 0 aliphatic carbocycles. The van der Waals surface area contributed by atoms with Crippen LogP contribution in [-0.2, 0) is 0 Å². The van der Waals surface area contributed by atoms with Gasteiger partial charge in [0.15, 0.2) is 5.13 Å². The molecule has 0 bridgehead atoms. The van der Waals surface area contributed by atoms with Gasteiger partial charge in [0, 0.05) is 24.8 Å². The molecule has 0 atom stereocenters. The maximum atomic E-state index is 12.1. The third-order valence-corrected chi connectivity index (χ3v) is 5.65. The number of carbonyl (C=O) groups excluding carboxylic acids is 2. The Kier molecular flexibility index (Phi) is 4.37. The Bertz CT molecular complexity index is 851. The number of aromatic amines is 1. The fourth-order valence-electron chi connectivity index (χ4n) is 1.77. The summed E-state index contributed by atoms with van der Waals surface area (Å²) in [6, 6.07) is 3.40. The Balaban J connectivity index is 1.66. The number of anilines is 1. The van der Waals surface area contributed by atoms with Crippen molar-refractivity contribution < 1.29 is 9.59 Å². The van der Waals surface area contributed by atoms with Crippen LogP contribution < -0.4 is 15.8 Å². The van der Waals surface area contributed by atoms with Crippen LogP contribution in [0.5, 0.6) is 0 Å². The van der Waals surface area contributed by atoms with E-state index in [1.54, 1.807) is 18.3 Å². The fraction of sp³-hybridized carbons (Fsp3) is 0.154. The van der Waals surface area contributed by atoms with Crippen molar-refractivity contribution in [2.24, 2.45) is 0 Å². The Morgan fingerprint density at radius 2 is 1.96 bits per heavy atom. The van der Waals surface area contributed by atoms with Gasteiger partial charge in [0.1, 0.15) is 10.5 Å². The lowest BCUT2D eigenvalue weighted by Crippen LogP contribution is -2.41. The number of fused-ring (bicyclic) bond motifs is 1. The Labute approximate surface area is 147 Å². The van der Waals surface area contributed by atoms with Gasteiger partial charge >= 0.3 is 0 Å². The lowest BCUT2D eigenvalue weighted by molar-refractivity contribution is 0.0846. The molecule has 3 aromatic heterocycles. The van der Waals surface area contributed by atoms with Crippen LogP contribution in [0, 0.1) is 0 Å². The number of H-pyrrole nitrogens is 1. The van der Waals surface area contributed by atoms with Crippen molar-refractivity contribution >= 4 is 65.1 Å². The predicted molar refractivity (Wildman–Crippen MR) is 95.2 cm³/mol. The van der Waals surface area contributed by atoms with Crippen molar-refractivity contribution in [3.05, 3.63) is 33.4 Å². The zero-order valence-electron chi connectivity index (χ0n) is 12.1. The molecule has 0 spiro atoms. The zero-order chi connectivity index (χ0) is 16.6. The lowest BCUT2D eigenvalue weighted by Gasteiger charge is -2.05. The Morgan fingerprint density at radius 3 is 2.57 bits per heavy atom. The molecule has 10 heteroatoms. The molecule has 0 saturated carbocycles. The molecule has 7 nitrogen and oxygen atoms in total. The number of hydrazine groups is 1. The van der Waals surface area contributed by atoms with Gasteiger partial charge in [-0.25, -0.2) is 4.98 Å². The van der Waals surface area contributed by atoms with Gasteiger partial charge < -0.3 is 9.88 Å². The van der Waals surface area contributed by atoms with Crippen molar-refractivity contribution in [2.45, 2.75) is 0 Å². The summed E-state index contributed by atoms with van der Waals surface area (Å²) in [6.07, 6.45) is 1.64. The summed E-state index contributed by atoms with van der Waals surface area (Å²) in [5.41, 5.74) is 5.11. The number of nitrogens with one attached hydrogen (secondary N) is 3. The van der Waals surface area contributed by atoms with Crippen LogP contribution in [0.2, 0.25) is 0 Å². The Hall–Kier alpha value is -1.91. The fourth-order valence-corrected chi connectivity index (χ4v) is 4.14. The quantitative estimate of drug-likeness (QED) is 0.575. The van der Waals surface area contributed by atoms with Crippen LogP contribution in [0.25, 0.3) is 9.53 Å². The van der Waals surface area contributed by atoms with Crippen LogP contribution in [-0.4, -0.2) is 35.9 Å². The van der Waals surface area contributed by atoms with Crippen LogP contribution in [0.15, 0.2) is 22.8 Å². The van der Waals surface area contributed by atoms with Crippen LogP contribution in [0.1, 0.15) is 20.2 Å². The number of thiophene rings is 1. The topological polar surface area (TPSA) is 90.1 Å². The zero-order valence-corrected chi connectivity index (χ0v) is 15.4. The summed E-state index contributed by atoms with van der Waals surface area (Å²) in [5.74, 6) is -0.791. The van der Waals surface area contributed by atoms with E-state index in [-0.39, 0.29) is 5.91 Å². The molecule has 0 fully saturated rings. The van der Waals surface area contributed by atoms with E-state index in [2.05, 4.69) is 36.7 Å². The highest BCUT2D eigenvalue weighted by atomic mass is 79.9. The first-order valence-electron chi connectivity index (χ1n) is 6.46. The number of nitrogens with zero attached hydrogens (tertiary/aromatic N) is 2. The highest BCUT2D eigenvalue weighted by molar-refractivity contribution is 9.10. The van der Waals surface area contributed by atoms with Crippen molar-refractivity contribution in [3.8, 4) is 0 Å². The minimum atomic E-state index is -0.421. The number of hydrogen-bond acceptors (Lipinski definition) is 6. The molecule has 0 radical (unpaired) electrons. The molecule has 2 amide bonds. The second-order valence-electron chi connectivity index (χ2n) is 4.81. The van der Waals surface area contributed by atoms with E-state index in [1.165, 1.54) is 22.7 Å². The molecule has 120 valence electrons. The summed E-state index contributed by atoms with van der Waals surface area (Å²) in [4.78, 5) is 34.4. The van der Waals surface area contributed by atoms with E-state index in [9.17, 15) is 9.59 Å². The molecule has 23 heavy (non-hydrogen) atoms. The number of rotatable bonds is 3. The second-order valence-corrected chi connectivity index (χ2v) is 7.77. The molecule has 0 aliphatic heterocycles. The largest absolute Gasteiger partial charge is 0.356 e. The smallest absolute Gasteiger partial charge is 0.286 e. The van der Waals surface area contributed by atoms with E-state index in [1.807, 2.05) is 19.0 Å². The predicted octanol–water partition coefficient (Wildman–Crippen LogP) is 2.59. The highest BCUT2D eigenvalue weighted by Gasteiger charge is 2.16. The van der Waals surface area contributed by atoms with E-state index in [4.69, 9.17) is 0 Å². The minimum Gasteiger partial charge on any atom is -0.356 e. The van der Waals surface area contributed by atoms with Crippen molar-refractivity contribution in [2.75, 3.05) is 19.0 Å². The number of thiazole rings is 1. The van der Waals surface area contributed by atoms with E-state index < -0.39 is 5.91 Å². The molecule has 0 saturated heterocycles. The first-order valence-corrected chi connectivity index (χ1v) is 8.89. The number of halogens is 1. The number of amides is 2. The summed E-state index contributed by atoms with van der Waals surface area (Å²) in [6.45, 7) is 0. The standard InChI is InChI=1S/C13H12BrN5O2S2/c1-19(2)13-16-12-9(23-13)4-8(22-12)11(21)18-17-10(20)7-3-6(14)5-15-7/h3-5,15H,1-2H3,(H,17,20)(H,18,21). The number of carbonyl (C=O) groups is 2. The number of aromatic nitrogens is 2. The van der Waals surface area contributed by atoms with Gasteiger partial charge in [-0.1, -0.05) is 11.3 Å². The van der Waals surface area contributed by atoms with Crippen molar-refractivity contribution in [3.63, 3.8) is 0 Å². The summed E-state index contributed by atoms with van der Waals surface area (Å²) < 4.78 is 1.71. The molecule has 0 aliphatic rings. The van der Waals surface area contributed by atoms with E-state index in [0.29, 0.717) is 10.6 Å². The second kappa shape index (κ2) is 6.30. The average Bonchev–Trinajstić information content (AvgIpc) is 3.17. The summed E-state index contributed by atoms with van der Waals surface area (Å²) in [5, 5.41) is 0.892. The average molecular weight is 414 g/mol. The van der Waals surface area contributed by atoms with Gasteiger partial charge in [-0.3, -0.25) is 20.4 Å². The molecular formula is C13H12BrN5O2S2. The normalized spacial score (nSPS) is 10.7. The van der Waals surface area contributed by atoms with Crippen molar-refractivity contribution in [1.29, 1.82) is 0 Å². The molecule has 0 unspecified atom stereocenters. The van der Waals surface area contributed by atoms with Crippen LogP contribution in [0.4, 0.5) is 5.13 Å². The lowest BCUT2D eigenvalue weighted by atomic mass is 10.4. The minimum absolute atomic E-state index is 0.349. The van der Waals surface area contributed by atoms with E-state index in [0.717, 1.165) is 19.1 Å². The van der Waals surface area contributed by atoms with Gasteiger partial charge in [0.2, 0.25) is 0 Å². The van der Waals surface area contributed by atoms with Gasteiger partial charge in [-0.15, -0.1) is 11.3 Å². The molecular weight excluding hydrogens is 402 g/mol. The molecule has 3 rings (SSSR count). The van der Waals surface area contributed by atoms with Crippen LogP contribution >= 0.6 is 38.6 Å². The van der Waals surface area contributed by atoms with Crippen LogP contribution in [0.3, 0.4) is 0 Å².